The molecule has 0 bridgehead atoms. The summed E-state index contributed by atoms with van der Waals surface area (Å²) in [6, 6.07) is 21.7. The van der Waals surface area contributed by atoms with E-state index in [2.05, 4.69) is 17.2 Å². The van der Waals surface area contributed by atoms with Gasteiger partial charge in [-0.25, -0.2) is 4.68 Å². The zero-order valence-corrected chi connectivity index (χ0v) is 26.3. The molecular weight excluding hydrogens is 662 g/mol. The monoisotopic (exact) mass is 690 g/mol. The number of aromatic nitrogens is 2. The summed E-state index contributed by atoms with van der Waals surface area (Å²) in [4.78, 5) is 27.4. The maximum absolute atomic E-state index is 13.7. The van der Waals surface area contributed by atoms with Crippen molar-refractivity contribution in [3.8, 4) is 22.7 Å². The molecule has 50 heavy (non-hydrogen) atoms. The number of aryl methyl sites for hydroxylation is 1. The van der Waals surface area contributed by atoms with Crippen LogP contribution in [0.2, 0.25) is 0 Å². The number of rotatable bonds is 10. The van der Waals surface area contributed by atoms with Crippen LogP contribution in [0.25, 0.3) is 23.0 Å². The molecule has 4 aromatic carbocycles. The Morgan fingerprint density at radius 3 is 1.90 bits per heavy atom. The first kappa shape index (κ1) is 35.2. The lowest BCUT2D eigenvalue weighted by Crippen LogP contribution is -2.25. The maximum atomic E-state index is 13.7. The molecule has 5 rings (SSSR count). The van der Waals surface area contributed by atoms with Crippen LogP contribution >= 0.6 is 0 Å². The fourth-order valence-corrected chi connectivity index (χ4v) is 4.90. The van der Waals surface area contributed by atoms with Gasteiger partial charge in [-0.15, -0.1) is 0 Å². The normalized spacial score (nSPS) is 11.4. The fourth-order valence-electron chi connectivity index (χ4n) is 4.90. The highest BCUT2D eigenvalue weighted by Crippen LogP contribution is 2.34. The standard InChI is InChI=1S/C37H28F6N4O3/c1-3-17-50-30-15-16-31(23(2)18-30)33-24(22-47(46-33)29-13-5-4-6-14-29)19-32(34(48)44-27-11-7-9-25(20-27)36(38,39)40)35(49)45-28-12-8-10-26(21-28)37(41,42)43/h3-16,18-22H,1,17H2,2H3,(H,44,48)(H,45,49). The summed E-state index contributed by atoms with van der Waals surface area (Å²) in [5.74, 6) is -1.71. The SMILES string of the molecule is C=CCOc1ccc(-c2nn(-c3ccccc3)cc2C=C(C(=O)Nc2cccc(C(F)(F)F)c2)C(=O)Nc2cccc(C(F)(F)F)c2)c(C)c1. The zero-order valence-electron chi connectivity index (χ0n) is 26.3. The molecule has 0 spiro atoms. The topological polar surface area (TPSA) is 85.2 Å². The number of alkyl halides is 6. The molecule has 0 unspecified atom stereocenters. The van der Waals surface area contributed by atoms with E-state index in [9.17, 15) is 35.9 Å². The van der Waals surface area contributed by atoms with Crippen LogP contribution in [0.5, 0.6) is 5.75 Å². The largest absolute Gasteiger partial charge is 0.490 e. The van der Waals surface area contributed by atoms with E-state index >= 15 is 0 Å². The summed E-state index contributed by atoms with van der Waals surface area (Å²) in [5, 5.41) is 9.35. The summed E-state index contributed by atoms with van der Waals surface area (Å²) in [6.07, 6.45) is -5.13. The number of benzene rings is 4. The molecule has 0 aliphatic rings. The minimum absolute atomic E-state index is 0.241. The lowest BCUT2D eigenvalue weighted by atomic mass is 10.0. The number of para-hydroxylation sites is 1. The van der Waals surface area contributed by atoms with Gasteiger partial charge in [-0.1, -0.05) is 43.0 Å². The van der Waals surface area contributed by atoms with Gasteiger partial charge in [0.2, 0.25) is 0 Å². The van der Waals surface area contributed by atoms with Gasteiger partial charge >= 0.3 is 12.4 Å². The van der Waals surface area contributed by atoms with Gasteiger partial charge in [0.15, 0.2) is 0 Å². The second-order valence-corrected chi connectivity index (χ2v) is 10.9. The molecule has 7 nitrogen and oxygen atoms in total. The molecule has 256 valence electrons. The number of nitrogens with zero attached hydrogens (tertiary/aromatic N) is 2. The van der Waals surface area contributed by atoms with Crippen molar-refractivity contribution in [3.05, 3.63) is 144 Å². The molecule has 0 radical (unpaired) electrons. The summed E-state index contributed by atoms with van der Waals surface area (Å²) >= 11 is 0. The second-order valence-electron chi connectivity index (χ2n) is 10.9. The fraction of sp³-hybridized carbons (Fsp3) is 0.108. The summed E-state index contributed by atoms with van der Waals surface area (Å²) in [7, 11) is 0. The van der Waals surface area contributed by atoms with E-state index in [4.69, 9.17) is 9.84 Å². The summed E-state index contributed by atoms with van der Waals surface area (Å²) in [6.45, 7) is 5.70. The summed E-state index contributed by atoms with van der Waals surface area (Å²) < 4.78 is 87.6. The lowest BCUT2D eigenvalue weighted by molar-refractivity contribution is -0.138. The van der Waals surface area contributed by atoms with Gasteiger partial charge in [0.05, 0.1) is 16.8 Å². The Morgan fingerprint density at radius 1 is 0.800 bits per heavy atom. The van der Waals surface area contributed by atoms with Crippen LogP contribution in [0.4, 0.5) is 37.7 Å². The second kappa shape index (κ2) is 14.6. The average Bonchev–Trinajstić information content (AvgIpc) is 3.49. The van der Waals surface area contributed by atoms with Gasteiger partial charge in [-0.3, -0.25) is 9.59 Å². The van der Waals surface area contributed by atoms with Crippen molar-refractivity contribution in [2.24, 2.45) is 0 Å². The van der Waals surface area contributed by atoms with Crippen LogP contribution in [0.3, 0.4) is 0 Å². The molecule has 1 heterocycles. The Hall–Kier alpha value is -6.11. The van der Waals surface area contributed by atoms with E-state index in [0.717, 1.165) is 24.3 Å². The van der Waals surface area contributed by atoms with Crippen LogP contribution in [0.1, 0.15) is 22.3 Å². The van der Waals surface area contributed by atoms with Crippen LogP contribution in [-0.4, -0.2) is 28.2 Å². The molecule has 0 aliphatic heterocycles. The minimum Gasteiger partial charge on any atom is -0.490 e. The highest BCUT2D eigenvalue weighted by atomic mass is 19.4. The van der Waals surface area contributed by atoms with Crippen molar-refractivity contribution in [2.75, 3.05) is 17.2 Å². The van der Waals surface area contributed by atoms with Gasteiger partial charge in [-0.05, 0) is 85.3 Å². The Bertz CT molecular complexity index is 1990. The molecular formula is C37H28F6N4O3. The van der Waals surface area contributed by atoms with Crippen LogP contribution in [0, 0.1) is 6.92 Å². The van der Waals surface area contributed by atoms with Gasteiger partial charge < -0.3 is 15.4 Å². The first-order valence-corrected chi connectivity index (χ1v) is 14.9. The third-order valence-electron chi connectivity index (χ3n) is 7.27. The molecule has 2 N–H and O–H groups in total. The quantitative estimate of drug-likeness (QED) is 0.0504. The van der Waals surface area contributed by atoms with Crippen LogP contribution in [0.15, 0.2) is 121 Å². The third-order valence-corrected chi connectivity index (χ3v) is 7.27. The van der Waals surface area contributed by atoms with E-state index in [1.54, 1.807) is 67.7 Å². The predicted molar refractivity (Wildman–Crippen MR) is 178 cm³/mol. The predicted octanol–water partition coefficient (Wildman–Crippen LogP) is 9.11. The van der Waals surface area contributed by atoms with E-state index in [1.165, 1.54) is 22.9 Å². The number of carbonyl (C=O) groups excluding carboxylic acids is 2. The molecule has 1 aromatic heterocycles. The number of carbonyl (C=O) groups is 2. The average molecular weight is 691 g/mol. The van der Waals surface area contributed by atoms with Gasteiger partial charge in [0.25, 0.3) is 11.8 Å². The Balaban J connectivity index is 1.63. The highest BCUT2D eigenvalue weighted by molar-refractivity contribution is 6.29. The number of anilines is 2. The lowest BCUT2D eigenvalue weighted by Gasteiger charge is -2.13. The van der Waals surface area contributed by atoms with E-state index in [1.807, 2.05) is 0 Å². The zero-order chi connectivity index (χ0) is 36.1. The molecule has 13 heteroatoms. The number of nitrogens with one attached hydrogen (secondary N) is 2. The highest BCUT2D eigenvalue weighted by Gasteiger charge is 2.32. The van der Waals surface area contributed by atoms with Crippen LogP contribution in [-0.2, 0) is 21.9 Å². The van der Waals surface area contributed by atoms with Crippen molar-refractivity contribution in [2.45, 2.75) is 19.3 Å². The number of amides is 2. The summed E-state index contributed by atoms with van der Waals surface area (Å²) in [5.41, 5.74) is -0.771. The minimum atomic E-state index is -4.72. The van der Waals surface area contributed by atoms with Crippen molar-refractivity contribution < 1.29 is 40.7 Å². The van der Waals surface area contributed by atoms with Crippen molar-refractivity contribution in [3.63, 3.8) is 0 Å². The third kappa shape index (κ3) is 8.48. The molecule has 0 saturated carbocycles. The van der Waals surface area contributed by atoms with E-state index in [0.29, 0.717) is 40.4 Å². The molecule has 2 amide bonds. The van der Waals surface area contributed by atoms with Gasteiger partial charge in [0.1, 0.15) is 23.6 Å². The first-order chi connectivity index (χ1) is 23.7. The molecule has 0 aliphatic carbocycles. The Kier molecular flexibility index (Phi) is 10.3. The van der Waals surface area contributed by atoms with Crippen molar-refractivity contribution in [1.29, 1.82) is 0 Å². The Morgan fingerprint density at radius 2 is 1.38 bits per heavy atom. The van der Waals surface area contributed by atoms with Crippen molar-refractivity contribution in [1.82, 2.24) is 9.78 Å². The molecule has 0 atom stereocenters. The number of halogens is 6. The molecule has 0 fully saturated rings. The smallest absolute Gasteiger partial charge is 0.416 e. The number of hydrogen-bond donors (Lipinski definition) is 2. The molecule has 0 saturated heterocycles. The first-order valence-electron chi connectivity index (χ1n) is 14.9. The maximum Gasteiger partial charge on any atom is 0.416 e. The number of hydrogen-bond acceptors (Lipinski definition) is 4. The van der Waals surface area contributed by atoms with Gasteiger partial charge in [0, 0.05) is 28.7 Å². The van der Waals surface area contributed by atoms with E-state index in [-0.39, 0.29) is 23.5 Å². The van der Waals surface area contributed by atoms with Gasteiger partial charge in [-0.2, -0.15) is 31.4 Å². The van der Waals surface area contributed by atoms with Crippen LogP contribution < -0.4 is 15.4 Å². The van der Waals surface area contributed by atoms with E-state index < -0.39 is 40.9 Å². The molecule has 5 aromatic rings. The Labute approximate surface area is 282 Å². The van der Waals surface area contributed by atoms with Crippen molar-refractivity contribution >= 4 is 29.3 Å². The number of ether oxygens (including phenoxy) is 1.